The molecule has 12 heteroatoms. The van der Waals surface area contributed by atoms with E-state index in [4.69, 9.17) is 24.2 Å². The van der Waals surface area contributed by atoms with Gasteiger partial charge in [0.15, 0.2) is 18.2 Å². The Morgan fingerprint density at radius 2 is 1.32 bits per heavy atom. The van der Waals surface area contributed by atoms with Crippen LogP contribution < -0.4 is 0 Å². The molecule has 0 bridgehead atoms. The molecule has 2 aliphatic rings. The summed E-state index contributed by atoms with van der Waals surface area (Å²) < 4.78 is 21.6. The molecule has 0 aromatic heterocycles. The Hall–Kier alpha value is -0.950. The summed E-state index contributed by atoms with van der Waals surface area (Å²) in [5.74, 6) is 0. The van der Waals surface area contributed by atoms with E-state index in [1.165, 1.54) is 13.8 Å². The zero-order chi connectivity index (χ0) is 21.2. The Morgan fingerprint density at radius 1 is 0.821 bits per heavy atom. The lowest BCUT2D eigenvalue weighted by Gasteiger charge is -2.46. The van der Waals surface area contributed by atoms with Gasteiger partial charge < -0.3 is 54.7 Å². The Bertz CT molecular complexity index is 553. The maximum absolute atomic E-state index is 10.4. The molecule has 0 aromatic carbocycles. The van der Waals surface area contributed by atoms with Gasteiger partial charge in [-0.15, -0.1) is 0 Å². The molecule has 2 saturated heterocycles. The molecular weight excluding hydrogens is 382 g/mol. The van der Waals surface area contributed by atoms with Crippen molar-refractivity contribution in [2.45, 2.75) is 80.9 Å². The van der Waals surface area contributed by atoms with E-state index < -0.39 is 80.2 Å². The van der Waals surface area contributed by atoms with Gasteiger partial charge in [0.05, 0.1) is 19.3 Å². The fourth-order valence-electron chi connectivity index (χ4n) is 2.95. The van der Waals surface area contributed by atoms with Crippen molar-refractivity contribution in [1.82, 2.24) is 0 Å². The SMILES string of the molecule is CC(C)(C#N)O[C@H]1O[C@@H](CO)[C@@H](O)[C@@H](O)[C@@H]1O[C@H]1O[C@@H](CO)[C@@H](O)[C@@H](O)[C@H]1O. The van der Waals surface area contributed by atoms with Crippen LogP contribution >= 0.6 is 0 Å². The van der Waals surface area contributed by atoms with Gasteiger partial charge in [0, 0.05) is 0 Å². The van der Waals surface area contributed by atoms with Crippen molar-refractivity contribution in [2.24, 2.45) is 0 Å². The van der Waals surface area contributed by atoms with E-state index >= 15 is 0 Å². The van der Waals surface area contributed by atoms with Gasteiger partial charge in [-0.05, 0) is 13.8 Å². The van der Waals surface area contributed by atoms with E-state index in [-0.39, 0.29) is 0 Å². The summed E-state index contributed by atoms with van der Waals surface area (Å²) in [5.41, 5.74) is -1.40. The zero-order valence-corrected chi connectivity index (χ0v) is 15.4. The Kier molecular flexibility index (Phi) is 7.70. The lowest BCUT2D eigenvalue weighted by Crippen LogP contribution is -2.65. The third-order valence-corrected chi connectivity index (χ3v) is 4.64. The Balaban J connectivity index is 2.24. The van der Waals surface area contributed by atoms with Gasteiger partial charge in [-0.25, -0.2) is 0 Å². The number of ether oxygens (including phenoxy) is 4. The molecule has 0 aromatic rings. The number of nitrogens with zero attached hydrogens (tertiary/aromatic N) is 1. The third-order valence-electron chi connectivity index (χ3n) is 4.64. The predicted molar refractivity (Wildman–Crippen MR) is 87.2 cm³/mol. The van der Waals surface area contributed by atoms with E-state index in [0.717, 1.165) is 0 Å². The molecule has 0 radical (unpaired) electrons. The summed E-state index contributed by atoms with van der Waals surface area (Å²) in [7, 11) is 0. The van der Waals surface area contributed by atoms with E-state index in [1.807, 2.05) is 6.07 Å². The predicted octanol–water partition coefficient (Wildman–Crippen LogP) is -4.07. The molecule has 0 unspecified atom stereocenters. The molecule has 162 valence electrons. The second-order valence-corrected chi connectivity index (χ2v) is 7.24. The van der Waals surface area contributed by atoms with Crippen LogP contribution in [0.1, 0.15) is 13.8 Å². The highest BCUT2D eigenvalue weighted by Crippen LogP contribution is 2.31. The van der Waals surface area contributed by atoms with Crippen LogP contribution in [0.2, 0.25) is 0 Å². The maximum atomic E-state index is 10.4. The molecule has 0 spiro atoms. The lowest BCUT2D eigenvalue weighted by atomic mass is 9.97. The van der Waals surface area contributed by atoms with Gasteiger partial charge in [0.1, 0.15) is 48.8 Å². The van der Waals surface area contributed by atoms with E-state index in [9.17, 15) is 35.7 Å². The minimum absolute atomic E-state index is 0.655. The monoisotopic (exact) mass is 409 g/mol. The van der Waals surface area contributed by atoms with Crippen LogP contribution in [0.15, 0.2) is 0 Å². The van der Waals surface area contributed by atoms with E-state index in [0.29, 0.717) is 0 Å². The summed E-state index contributed by atoms with van der Waals surface area (Å²) in [5, 5.41) is 78.0. The quantitative estimate of drug-likeness (QED) is 0.224. The zero-order valence-electron chi connectivity index (χ0n) is 15.4. The van der Waals surface area contributed by atoms with Crippen molar-refractivity contribution >= 4 is 0 Å². The van der Waals surface area contributed by atoms with Gasteiger partial charge >= 0.3 is 0 Å². The maximum Gasteiger partial charge on any atom is 0.189 e. The first kappa shape index (κ1) is 23.3. The highest BCUT2D eigenvalue weighted by atomic mass is 16.8. The first-order valence-electron chi connectivity index (χ1n) is 8.73. The average molecular weight is 409 g/mol. The first-order chi connectivity index (χ1) is 13.1. The molecule has 0 amide bonds. The molecule has 28 heavy (non-hydrogen) atoms. The molecule has 12 nitrogen and oxygen atoms in total. The van der Waals surface area contributed by atoms with Gasteiger partial charge in [-0.1, -0.05) is 0 Å². The van der Waals surface area contributed by atoms with Crippen LogP contribution in [0.4, 0.5) is 0 Å². The van der Waals surface area contributed by atoms with Crippen molar-refractivity contribution < 1.29 is 54.7 Å². The number of aliphatic hydroxyl groups excluding tert-OH is 7. The largest absolute Gasteiger partial charge is 0.394 e. The highest BCUT2D eigenvalue weighted by Gasteiger charge is 2.51. The van der Waals surface area contributed by atoms with Crippen LogP contribution in [-0.2, 0) is 18.9 Å². The Labute approximate surface area is 161 Å². The van der Waals surface area contributed by atoms with Crippen LogP contribution in [0.5, 0.6) is 0 Å². The van der Waals surface area contributed by atoms with Crippen LogP contribution in [0.25, 0.3) is 0 Å². The van der Waals surface area contributed by atoms with Crippen LogP contribution in [0.3, 0.4) is 0 Å². The molecular formula is C16H27NO11. The minimum Gasteiger partial charge on any atom is -0.394 e. The van der Waals surface area contributed by atoms with Crippen molar-refractivity contribution in [1.29, 1.82) is 5.26 Å². The van der Waals surface area contributed by atoms with Crippen molar-refractivity contribution in [3.63, 3.8) is 0 Å². The van der Waals surface area contributed by atoms with Crippen molar-refractivity contribution in [2.75, 3.05) is 13.2 Å². The molecule has 2 fully saturated rings. The van der Waals surface area contributed by atoms with Gasteiger partial charge in [0.25, 0.3) is 0 Å². The molecule has 2 aliphatic heterocycles. The lowest BCUT2D eigenvalue weighted by molar-refractivity contribution is -0.374. The van der Waals surface area contributed by atoms with Gasteiger partial charge in [-0.3, -0.25) is 0 Å². The standard InChI is InChI=1S/C16H27NO11/c1-16(2,5-17)28-15-13(11(23)9(21)7(4-19)26-15)27-14-12(24)10(22)8(20)6(3-18)25-14/h6-15,18-24H,3-4H2,1-2H3/t6-,7-,8+,9+,10+,11+,12+,13-,14+,15+/m0/s1. The van der Waals surface area contributed by atoms with Crippen LogP contribution in [0, 0.1) is 11.3 Å². The first-order valence-corrected chi connectivity index (χ1v) is 8.73. The molecule has 0 saturated carbocycles. The second-order valence-electron chi connectivity index (χ2n) is 7.24. The molecule has 0 aliphatic carbocycles. The fourth-order valence-corrected chi connectivity index (χ4v) is 2.95. The number of nitriles is 1. The number of hydrogen-bond donors (Lipinski definition) is 7. The molecule has 7 N–H and O–H groups in total. The molecule has 2 rings (SSSR count). The third kappa shape index (κ3) is 4.78. The summed E-state index contributed by atoms with van der Waals surface area (Å²) in [6, 6.07) is 1.86. The van der Waals surface area contributed by atoms with Crippen molar-refractivity contribution in [3.05, 3.63) is 0 Å². The smallest absolute Gasteiger partial charge is 0.189 e. The summed E-state index contributed by atoms with van der Waals surface area (Å²) in [6.45, 7) is 1.47. The normalized spacial score (nSPS) is 44.9. The Morgan fingerprint density at radius 3 is 1.82 bits per heavy atom. The van der Waals surface area contributed by atoms with E-state index in [1.54, 1.807) is 0 Å². The molecule has 2 heterocycles. The minimum atomic E-state index is -1.76. The van der Waals surface area contributed by atoms with Crippen molar-refractivity contribution in [3.8, 4) is 6.07 Å². The van der Waals surface area contributed by atoms with Gasteiger partial charge in [0.2, 0.25) is 0 Å². The van der Waals surface area contributed by atoms with Gasteiger partial charge in [-0.2, -0.15) is 5.26 Å². The fraction of sp³-hybridized carbons (Fsp3) is 0.938. The average Bonchev–Trinajstić information content (AvgIpc) is 2.67. The molecule has 10 atom stereocenters. The number of hydrogen-bond acceptors (Lipinski definition) is 12. The van der Waals surface area contributed by atoms with E-state index in [2.05, 4.69) is 0 Å². The second kappa shape index (κ2) is 9.24. The number of rotatable bonds is 6. The summed E-state index contributed by atoms with van der Waals surface area (Å²) >= 11 is 0. The van der Waals surface area contributed by atoms with Crippen LogP contribution in [-0.4, -0.2) is 116 Å². The highest BCUT2D eigenvalue weighted by molar-refractivity contribution is 4.98. The number of aliphatic hydroxyl groups is 7. The summed E-state index contributed by atoms with van der Waals surface area (Å²) in [6.07, 6.45) is -15.5. The summed E-state index contributed by atoms with van der Waals surface area (Å²) in [4.78, 5) is 0. The topological polar surface area (TPSA) is 202 Å².